The number of thioether (sulfide) groups is 1. The molecule has 1 unspecified atom stereocenters. The van der Waals surface area contributed by atoms with Crippen LogP contribution in [0.2, 0.25) is 10.0 Å². The number of nitrogens with two attached hydrogens (primary N) is 2. The maximum absolute atomic E-state index is 6.52. The van der Waals surface area contributed by atoms with Gasteiger partial charge in [-0.3, -0.25) is 0 Å². The molecular weight excluding hydrogens is 361 g/mol. The molecule has 24 heavy (non-hydrogen) atoms. The highest BCUT2D eigenvalue weighted by atomic mass is 35.5. The summed E-state index contributed by atoms with van der Waals surface area (Å²) in [6, 6.07) is 5.58. The van der Waals surface area contributed by atoms with Gasteiger partial charge in [-0.25, -0.2) is 0 Å². The van der Waals surface area contributed by atoms with E-state index in [9.17, 15) is 0 Å². The molecule has 124 valence electrons. The summed E-state index contributed by atoms with van der Waals surface area (Å²) >= 11 is 14.3. The number of rotatable bonds is 2. The van der Waals surface area contributed by atoms with Crippen LogP contribution >= 0.6 is 35.0 Å². The quantitative estimate of drug-likeness (QED) is 0.723. The third-order valence-corrected chi connectivity index (χ3v) is 6.33. The summed E-state index contributed by atoms with van der Waals surface area (Å²) in [4.78, 5) is 1.27. The van der Waals surface area contributed by atoms with Gasteiger partial charge in [0.25, 0.3) is 0 Å². The molecule has 3 nitrogen and oxygen atoms in total. The Kier molecular flexibility index (Phi) is 3.96. The van der Waals surface area contributed by atoms with Crippen molar-refractivity contribution in [1.82, 2.24) is 5.32 Å². The fraction of sp³-hybridized carbons (Fsp3) is 0.222. The highest BCUT2D eigenvalue weighted by molar-refractivity contribution is 8.06. The van der Waals surface area contributed by atoms with Crippen molar-refractivity contribution in [3.8, 4) is 0 Å². The Balaban J connectivity index is 2.02. The van der Waals surface area contributed by atoms with Crippen LogP contribution in [0.3, 0.4) is 0 Å². The number of hydrogen-bond acceptors (Lipinski definition) is 4. The largest absolute Gasteiger partial charge is 0.385 e. The van der Waals surface area contributed by atoms with E-state index in [1.54, 1.807) is 17.8 Å². The van der Waals surface area contributed by atoms with Gasteiger partial charge in [-0.15, -0.1) is 0 Å². The van der Waals surface area contributed by atoms with Gasteiger partial charge < -0.3 is 16.8 Å². The summed E-state index contributed by atoms with van der Waals surface area (Å²) in [6.07, 6.45) is 6.40. The van der Waals surface area contributed by atoms with Gasteiger partial charge in [0, 0.05) is 32.6 Å². The van der Waals surface area contributed by atoms with E-state index in [0.717, 1.165) is 29.6 Å². The predicted octanol–water partition coefficient (Wildman–Crippen LogP) is 4.16. The topological polar surface area (TPSA) is 64.1 Å². The molecule has 1 aliphatic carbocycles. The van der Waals surface area contributed by atoms with Crippen molar-refractivity contribution in [2.24, 2.45) is 11.5 Å². The van der Waals surface area contributed by atoms with Crippen LogP contribution in [0.25, 0.3) is 5.57 Å². The first-order valence-electron chi connectivity index (χ1n) is 7.78. The Morgan fingerprint density at radius 3 is 2.88 bits per heavy atom. The molecule has 0 bridgehead atoms. The van der Waals surface area contributed by atoms with Crippen LogP contribution in [-0.2, 0) is 0 Å². The molecule has 2 heterocycles. The number of hydrogen-bond donors (Lipinski definition) is 3. The van der Waals surface area contributed by atoms with Crippen molar-refractivity contribution in [3.63, 3.8) is 0 Å². The SMILES string of the molecule is NCC1=C(N)NC23C=CSC2=CCCC3=C1c1ccc(Cl)cc1Cl. The van der Waals surface area contributed by atoms with E-state index >= 15 is 0 Å². The van der Waals surface area contributed by atoms with Crippen molar-refractivity contribution >= 4 is 40.5 Å². The molecule has 0 radical (unpaired) electrons. The number of benzene rings is 1. The summed E-state index contributed by atoms with van der Waals surface area (Å²) in [6.45, 7) is 0.350. The molecule has 1 atom stereocenters. The number of halogens is 2. The minimum Gasteiger partial charge on any atom is -0.385 e. The minimum atomic E-state index is -0.357. The van der Waals surface area contributed by atoms with Gasteiger partial charge in [-0.05, 0) is 47.6 Å². The van der Waals surface area contributed by atoms with Crippen LogP contribution in [0.5, 0.6) is 0 Å². The molecule has 1 aromatic rings. The Hall–Kier alpha value is -1.33. The Bertz CT molecular complexity index is 854. The average Bonchev–Trinajstić information content (AvgIpc) is 2.96. The Morgan fingerprint density at radius 2 is 2.12 bits per heavy atom. The van der Waals surface area contributed by atoms with Gasteiger partial charge in [0.05, 0.1) is 0 Å². The van der Waals surface area contributed by atoms with Gasteiger partial charge in [0.15, 0.2) is 0 Å². The second-order valence-corrected chi connectivity index (χ2v) is 7.83. The molecule has 0 aromatic heterocycles. The number of nitrogens with one attached hydrogen (secondary N) is 1. The lowest BCUT2D eigenvalue weighted by Gasteiger charge is -2.43. The molecule has 1 spiro atoms. The third kappa shape index (κ3) is 2.25. The molecule has 0 saturated carbocycles. The van der Waals surface area contributed by atoms with E-state index in [1.807, 2.05) is 12.1 Å². The van der Waals surface area contributed by atoms with E-state index in [-0.39, 0.29) is 5.54 Å². The summed E-state index contributed by atoms with van der Waals surface area (Å²) in [5.74, 6) is 0.613. The van der Waals surface area contributed by atoms with E-state index in [2.05, 4.69) is 22.9 Å². The smallest absolute Gasteiger partial charge is 0.111 e. The van der Waals surface area contributed by atoms with Crippen molar-refractivity contribution in [3.05, 3.63) is 73.2 Å². The molecule has 1 aromatic carbocycles. The molecule has 5 N–H and O–H groups in total. The molecule has 2 aliphatic heterocycles. The first kappa shape index (κ1) is 16.2. The highest BCUT2D eigenvalue weighted by Crippen LogP contribution is 2.52. The zero-order chi connectivity index (χ0) is 16.9. The number of allylic oxidation sites excluding steroid dienone is 1. The van der Waals surface area contributed by atoms with Crippen molar-refractivity contribution in [1.29, 1.82) is 0 Å². The molecule has 4 rings (SSSR count). The fourth-order valence-electron chi connectivity index (χ4n) is 3.72. The second-order valence-electron chi connectivity index (χ2n) is 6.03. The van der Waals surface area contributed by atoms with Crippen LogP contribution < -0.4 is 16.8 Å². The Labute approximate surface area is 155 Å². The summed E-state index contributed by atoms with van der Waals surface area (Å²) < 4.78 is 0. The van der Waals surface area contributed by atoms with Gasteiger partial charge in [-0.1, -0.05) is 47.1 Å². The lowest BCUT2D eigenvalue weighted by Crippen LogP contribution is -2.51. The molecule has 0 fully saturated rings. The maximum atomic E-state index is 6.52. The van der Waals surface area contributed by atoms with Gasteiger partial charge >= 0.3 is 0 Å². The third-order valence-electron chi connectivity index (χ3n) is 4.77. The van der Waals surface area contributed by atoms with E-state index in [0.29, 0.717) is 22.4 Å². The van der Waals surface area contributed by atoms with Gasteiger partial charge in [-0.2, -0.15) is 0 Å². The predicted molar refractivity (Wildman–Crippen MR) is 104 cm³/mol. The summed E-state index contributed by atoms with van der Waals surface area (Å²) in [5.41, 5.74) is 16.2. The minimum absolute atomic E-state index is 0.350. The van der Waals surface area contributed by atoms with Crippen LogP contribution in [0, 0.1) is 0 Å². The van der Waals surface area contributed by atoms with Gasteiger partial charge in [0.2, 0.25) is 0 Å². The highest BCUT2D eigenvalue weighted by Gasteiger charge is 2.45. The van der Waals surface area contributed by atoms with Crippen LogP contribution in [0.4, 0.5) is 0 Å². The van der Waals surface area contributed by atoms with Crippen molar-refractivity contribution < 1.29 is 0 Å². The van der Waals surface area contributed by atoms with E-state index in [1.165, 1.54) is 10.5 Å². The lowest BCUT2D eigenvalue weighted by molar-refractivity contribution is 0.556. The van der Waals surface area contributed by atoms with Crippen molar-refractivity contribution in [2.75, 3.05) is 6.54 Å². The van der Waals surface area contributed by atoms with Gasteiger partial charge in [0.1, 0.15) is 11.4 Å². The Morgan fingerprint density at radius 1 is 1.29 bits per heavy atom. The zero-order valence-corrected chi connectivity index (χ0v) is 15.2. The monoisotopic (exact) mass is 377 g/mol. The van der Waals surface area contributed by atoms with E-state index in [4.69, 9.17) is 34.7 Å². The molecule has 6 heteroatoms. The number of dihydropyridines is 1. The van der Waals surface area contributed by atoms with Crippen molar-refractivity contribution in [2.45, 2.75) is 18.4 Å². The molecule has 3 aliphatic rings. The van der Waals surface area contributed by atoms with E-state index < -0.39 is 0 Å². The summed E-state index contributed by atoms with van der Waals surface area (Å²) in [5, 5.41) is 6.85. The lowest BCUT2D eigenvalue weighted by atomic mass is 9.73. The maximum Gasteiger partial charge on any atom is 0.111 e. The van der Waals surface area contributed by atoms with Crippen LogP contribution in [0.1, 0.15) is 18.4 Å². The fourth-order valence-corrected chi connectivity index (χ4v) is 5.29. The second kappa shape index (κ2) is 5.88. The summed E-state index contributed by atoms with van der Waals surface area (Å²) in [7, 11) is 0. The zero-order valence-electron chi connectivity index (χ0n) is 12.9. The molecule has 0 saturated heterocycles. The first-order valence-corrected chi connectivity index (χ1v) is 9.41. The first-order chi connectivity index (χ1) is 11.6. The van der Waals surface area contributed by atoms with Crippen LogP contribution in [-0.4, -0.2) is 12.1 Å². The van der Waals surface area contributed by atoms with Crippen LogP contribution in [0.15, 0.2) is 57.6 Å². The average molecular weight is 378 g/mol. The standard InChI is InChI=1S/C18H17Cl2N3S/c19-10-4-5-11(14(20)8-10)16-12(9-21)17(22)23-18-6-7-24-15(18)3-1-2-13(16)18/h3-8,23H,1-2,9,21-22H2. The normalized spacial score (nSPS) is 25.4. The molecular formula is C18H17Cl2N3S. The molecule has 0 amide bonds.